The van der Waals surface area contributed by atoms with Crippen LogP contribution in [0.3, 0.4) is 0 Å². The van der Waals surface area contributed by atoms with Crippen molar-refractivity contribution in [1.29, 1.82) is 0 Å². The zero-order chi connectivity index (χ0) is 23.0. The van der Waals surface area contributed by atoms with Crippen LogP contribution in [0.1, 0.15) is 37.7 Å². The van der Waals surface area contributed by atoms with Gasteiger partial charge in [-0.05, 0) is 24.1 Å². The van der Waals surface area contributed by atoms with Crippen LogP contribution in [0.2, 0.25) is 5.02 Å². The molecule has 3 heterocycles. The molecular formula is C23H25ClN6O2. The molecule has 166 valence electrons. The molecule has 0 bridgehead atoms. The summed E-state index contributed by atoms with van der Waals surface area (Å²) >= 11 is 6.43. The normalized spacial score (nSPS) is 13.2. The maximum absolute atomic E-state index is 12.8. The van der Waals surface area contributed by atoms with E-state index in [-0.39, 0.29) is 11.8 Å². The summed E-state index contributed by atoms with van der Waals surface area (Å²) in [6, 6.07) is 7.64. The van der Waals surface area contributed by atoms with E-state index in [0.717, 1.165) is 23.2 Å². The number of likely N-dealkylation sites (N-methyl/N-ethyl adjacent to an activating group) is 1. The van der Waals surface area contributed by atoms with Gasteiger partial charge in [0.15, 0.2) is 5.69 Å². The Kier molecular flexibility index (Phi) is 5.88. The number of aryl methyl sites for hydroxylation is 1. The van der Waals surface area contributed by atoms with Crippen LogP contribution < -0.4 is 5.32 Å². The van der Waals surface area contributed by atoms with Crippen LogP contribution in [0.4, 0.5) is 11.4 Å². The van der Waals surface area contributed by atoms with Gasteiger partial charge in [-0.25, -0.2) is 0 Å². The Labute approximate surface area is 191 Å². The molecule has 1 aliphatic heterocycles. The van der Waals surface area contributed by atoms with Gasteiger partial charge in [-0.3, -0.25) is 19.3 Å². The topological polar surface area (TPSA) is 83.4 Å². The molecule has 0 radical (unpaired) electrons. The van der Waals surface area contributed by atoms with Crippen molar-refractivity contribution in [2.24, 2.45) is 7.05 Å². The average molecular weight is 453 g/mol. The van der Waals surface area contributed by atoms with E-state index >= 15 is 0 Å². The fourth-order valence-electron chi connectivity index (χ4n) is 3.82. The van der Waals surface area contributed by atoms with Gasteiger partial charge in [-0.1, -0.05) is 23.7 Å². The van der Waals surface area contributed by atoms with Crippen molar-refractivity contribution < 1.29 is 9.59 Å². The summed E-state index contributed by atoms with van der Waals surface area (Å²) in [6.07, 6.45) is 4.63. The number of nitrogens with zero attached hydrogens (tertiary/aromatic N) is 5. The van der Waals surface area contributed by atoms with Crippen LogP contribution in [0.15, 0.2) is 36.7 Å². The van der Waals surface area contributed by atoms with E-state index in [1.807, 2.05) is 30.5 Å². The molecule has 0 unspecified atom stereocenters. The number of benzene rings is 1. The maximum Gasteiger partial charge on any atom is 0.274 e. The first-order chi connectivity index (χ1) is 15.2. The van der Waals surface area contributed by atoms with Gasteiger partial charge in [-0.15, -0.1) is 0 Å². The van der Waals surface area contributed by atoms with Gasteiger partial charge < -0.3 is 15.1 Å². The molecule has 0 saturated heterocycles. The van der Waals surface area contributed by atoms with Crippen LogP contribution >= 0.6 is 11.6 Å². The largest absolute Gasteiger partial charge is 0.354 e. The minimum atomic E-state index is -0.161. The number of hydrogen-bond donors (Lipinski definition) is 1. The summed E-state index contributed by atoms with van der Waals surface area (Å²) in [6.45, 7) is 0.703. The molecule has 2 aromatic heterocycles. The number of carbonyl (C=O) groups is 2. The van der Waals surface area contributed by atoms with Crippen molar-refractivity contribution in [3.8, 4) is 0 Å². The van der Waals surface area contributed by atoms with Crippen molar-refractivity contribution in [3.05, 3.63) is 69.8 Å². The van der Waals surface area contributed by atoms with Gasteiger partial charge in [-0.2, -0.15) is 5.10 Å². The van der Waals surface area contributed by atoms with Gasteiger partial charge >= 0.3 is 0 Å². The average Bonchev–Trinajstić information content (AvgIpc) is 3.12. The highest BCUT2D eigenvalue weighted by Gasteiger charge is 2.25. The van der Waals surface area contributed by atoms with Gasteiger partial charge in [0.05, 0.1) is 22.0 Å². The molecule has 32 heavy (non-hydrogen) atoms. The molecule has 1 aromatic carbocycles. The number of rotatable bonds is 5. The number of nitrogens with one attached hydrogen (secondary N) is 1. The number of halogens is 1. The highest BCUT2D eigenvalue weighted by Crippen LogP contribution is 2.31. The van der Waals surface area contributed by atoms with E-state index in [4.69, 9.17) is 11.6 Å². The van der Waals surface area contributed by atoms with Crippen molar-refractivity contribution in [3.63, 3.8) is 0 Å². The predicted molar refractivity (Wildman–Crippen MR) is 124 cm³/mol. The number of carbonyl (C=O) groups excluding carboxylic acids is 2. The Hall–Kier alpha value is -3.39. The third-order valence-electron chi connectivity index (χ3n) is 5.49. The Bertz CT molecular complexity index is 1200. The number of amides is 2. The SMILES string of the molecule is CN(C)C(=O)c1nn(C)cc1Cc1cc(Nc2cccc3c2C(=O)N(C)CC3)c(Cl)cn1. The number of anilines is 2. The fraction of sp³-hybridized carbons (Fsp3) is 0.304. The summed E-state index contributed by atoms with van der Waals surface area (Å²) in [5.41, 5.74) is 4.95. The second kappa shape index (κ2) is 8.63. The van der Waals surface area contributed by atoms with E-state index in [1.54, 1.807) is 44.0 Å². The molecule has 1 N–H and O–H groups in total. The van der Waals surface area contributed by atoms with Gasteiger partial charge in [0, 0.05) is 64.8 Å². The summed E-state index contributed by atoms with van der Waals surface area (Å²) in [4.78, 5) is 32.9. The quantitative estimate of drug-likeness (QED) is 0.643. The van der Waals surface area contributed by atoms with Crippen molar-refractivity contribution in [2.45, 2.75) is 12.8 Å². The molecule has 0 aliphatic carbocycles. The zero-order valence-corrected chi connectivity index (χ0v) is 19.3. The second-order valence-corrected chi connectivity index (χ2v) is 8.56. The van der Waals surface area contributed by atoms with Crippen molar-refractivity contribution >= 4 is 34.8 Å². The standard InChI is InChI=1S/C23H25ClN6O2/c1-28(2)23(32)21-15(13-30(4)27-21)10-16-11-19(17(24)12-25-16)26-18-7-5-6-14-8-9-29(3)22(31)20(14)18/h5-7,11-13H,8-10H2,1-4H3,(H,25,26). The first-order valence-electron chi connectivity index (χ1n) is 10.3. The highest BCUT2D eigenvalue weighted by atomic mass is 35.5. The molecule has 0 fully saturated rings. The molecule has 9 heteroatoms. The lowest BCUT2D eigenvalue weighted by molar-refractivity contribution is 0.0780. The van der Waals surface area contributed by atoms with Gasteiger partial charge in [0.25, 0.3) is 11.8 Å². The molecule has 0 atom stereocenters. The molecule has 1 aliphatic rings. The summed E-state index contributed by atoms with van der Waals surface area (Å²) in [5.74, 6) is -0.173. The molecule has 2 amide bonds. The maximum atomic E-state index is 12.8. The molecule has 8 nitrogen and oxygen atoms in total. The van der Waals surface area contributed by atoms with Crippen molar-refractivity contribution in [2.75, 3.05) is 33.0 Å². The molecule has 3 aromatic rings. The molecule has 0 spiro atoms. The predicted octanol–water partition coefficient (Wildman–Crippen LogP) is 3.13. The van der Waals surface area contributed by atoms with Crippen LogP contribution in [-0.4, -0.2) is 64.1 Å². The third-order valence-corrected chi connectivity index (χ3v) is 5.80. The lowest BCUT2D eigenvalue weighted by Gasteiger charge is -2.27. The monoisotopic (exact) mass is 452 g/mol. The van der Waals surface area contributed by atoms with Crippen LogP contribution in [-0.2, 0) is 19.9 Å². The van der Waals surface area contributed by atoms with E-state index in [9.17, 15) is 9.59 Å². The lowest BCUT2D eigenvalue weighted by Crippen LogP contribution is -2.34. The summed E-state index contributed by atoms with van der Waals surface area (Å²) in [5, 5.41) is 8.08. The number of fused-ring (bicyclic) bond motifs is 1. The minimum Gasteiger partial charge on any atom is -0.354 e. The number of aromatic nitrogens is 3. The fourth-order valence-corrected chi connectivity index (χ4v) is 3.97. The molecule has 0 saturated carbocycles. The van der Waals surface area contributed by atoms with E-state index in [0.29, 0.717) is 40.6 Å². The van der Waals surface area contributed by atoms with Crippen molar-refractivity contribution in [1.82, 2.24) is 24.6 Å². The van der Waals surface area contributed by atoms with E-state index < -0.39 is 0 Å². The van der Waals surface area contributed by atoms with Gasteiger partial charge in [0.1, 0.15) is 0 Å². The summed E-state index contributed by atoms with van der Waals surface area (Å²) < 4.78 is 1.62. The second-order valence-electron chi connectivity index (χ2n) is 8.15. The molecular weight excluding hydrogens is 428 g/mol. The van der Waals surface area contributed by atoms with Crippen LogP contribution in [0.25, 0.3) is 0 Å². The van der Waals surface area contributed by atoms with E-state index in [1.165, 1.54) is 4.90 Å². The highest BCUT2D eigenvalue weighted by molar-refractivity contribution is 6.33. The Balaban J connectivity index is 1.65. The third kappa shape index (κ3) is 4.18. The first-order valence-corrected chi connectivity index (χ1v) is 10.7. The number of pyridine rings is 1. The Morgan fingerprint density at radius 3 is 2.78 bits per heavy atom. The Morgan fingerprint density at radius 2 is 2.03 bits per heavy atom. The lowest BCUT2D eigenvalue weighted by atomic mass is 9.97. The minimum absolute atomic E-state index is 0.0121. The van der Waals surface area contributed by atoms with Crippen LogP contribution in [0.5, 0.6) is 0 Å². The van der Waals surface area contributed by atoms with Gasteiger partial charge in [0.2, 0.25) is 0 Å². The Morgan fingerprint density at radius 1 is 1.25 bits per heavy atom. The summed E-state index contributed by atoms with van der Waals surface area (Å²) in [7, 11) is 6.98. The zero-order valence-electron chi connectivity index (χ0n) is 18.5. The van der Waals surface area contributed by atoms with Crippen LogP contribution in [0, 0.1) is 0 Å². The first kappa shape index (κ1) is 21.8. The molecule has 4 rings (SSSR count). The van der Waals surface area contributed by atoms with E-state index in [2.05, 4.69) is 15.4 Å². The smallest absolute Gasteiger partial charge is 0.274 e. The number of hydrogen-bond acceptors (Lipinski definition) is 5.